The highest BCUT2D eigenvalue weighted by atomic mass is 32.2. The fourth-order valence-electron chi connectivity index (χ4n) is 1.18. The van der Waals surface area contributed by atoms with Crippen molar-refractivity contribution in [3.8, 4) is 0 Å². The molecule has 0 radical (unpaired) electrons. The molecule has 0 bridgehead atoms. The first kappa shape index (κ1) is 16.0. The molecule has 0 aliphatic heterocycles. The van der Waals surface area contributed by atoms with Crippen molar-refractivity contribution in [1.82, 2.24) is 9.71 Å². The number of hydrogen-bond donors (Lipinski definition) is 2. The van der Waals surface area contributed by atoms with Crippen molar-refractivity contribution in [3.63, 3.8) is 0 Å². The van der Waals surface area contributed by atoms with Crippen LogP contribution in [0.2, 0.25) is 0 Å². The van der Waals surface area contributed by atoms with Gasteiger partial charge in [-0.15, -0.1) is 11.3 Å². The average Bonchev–Trinajstić information content (AvgIpc) is 2.72. The highest BCUT2D eigenvalue weighted by Gasteiger charge is 2.25. The molecule has 19 heavy (non-hydrogen) atoms. The lowest BCUT2D eigenvalue weighted by Gasteiger charge is -2.04. The number of aromatic carboxylic acids is 1. The minimum Gasteiger partial charge on any atom is -0.476 e. The first-order chi connectivity index (χ1) is 8.63. The molecule has 0 unspecified atom stereocenters. The fraction of sp³-hybridized carbons (Fsp3) is 0.500. The van der Waals surface area contributed by atoms with E-state index in [1.54, 1.807) is 0 Å². The van der Waals surface area contributed by atoms with Crippen molar-refractivity contribution in [2.45, 2.75) is 10.6 Å². The monoisotopic (exact) mass is 328 g/mol. The summed E-state index contributed by atoms with van der Waals surface area (Å²) >= 11 is 0.688. The molecular weight excluding hydrogens is 316 g/mol. The molecule has 0 saturated carbocycles. The lowest BCUT2D eigenvalue weighted by molar-refractivity contribution is 0.0687. The molecule has 0 aliphatic rings. The number of nitrogens with zero attached hydrogens (tertiary/aromatic N) is 1. The van der Waals surface area contributed by atoms with Gasteiger partial charge in [0.05, 0.1) is 11.3 Å². The zero-order chi connectivity index (χ0) is 14.7. The van der Waals surface area contributed by atoms with Crippen LogP contribution in [0.5, 0.6) is 0 Å². The maximum atomic E-state index is 11.8. The molecule has 1 rings (SSSR count). The number of carboxylic acids is 1. The number of sulfonamides is 1. The van der Waals surface area contributed by atoms with Crippen LogP contribution < -0.4 is 4.72 Å². The zero-order valence-corrected chi connectivity index (χ0v) is 12.3. The zero-order valence-electron chi connectivity index (χ0n) is 9.86. The molecule has 0 saturated heterocycles. The minimum absolute atomic E-state index is 0.0909. The van der Waals surface area contributed by atoms with Gasteiger partial charge < -0.3 is 5.11 Å². The van der Waals surface area contributed by atoms with E-state index in [0.29, 0.717) is 11.3 Å². The largest absolute Gasteiger partial charge is 0.476 e. The predicted octanol–water partition coefficient (Wildman–Crippen LogP) is -0.446. The summed E-state index contributed by atoms with van der Waals surface area (Å²) < 4.78 is 47.1. The Balaban J connectivity index is 2.72. The number of carboxylic acid groups (broad SMARTS) is 1. The minimum atomic E-state index is -3.98. The van der Waals surface area contributed by atoms with Crippen molar-refractivity contribution < 1.29 is 26.7 Å². The van der Waals surface area contributed by atoms with Crippen molar-refractivity contribution in [3.05, 3.63) is 11.2 Å². The summed E-state index contributed by atoms with van der Waals surface area (Å²) in [7, 11) is -7.14. The summed E-state index contributed by atoms with van der Waals surface area (Å²) in [5.41, 5.74) is 0.578. The van der Waals surface area contributed by atoms with Crippen molar-refractivity contribution >= 4 is 37.2 Å². The Morgan fingerprint density at radius 1 is 1.42 bits per heavy atom. The third kappa shape index (κ3) is 4.86. The van der Waals surface area contributed by atoms with E-state index in [1.165, 1.54) is 0 Å². The van der Waals surface area contributed by atoms with E-state index >= 15 is 0 Å². The van der Waals surface area contributed by atoms with Crippen LogP contribution in [0.4, 0.5) is 0 Å². The molecule has 0 amide bonds. The lowest BCUT2D eigenvalue weighted by atomic mass is 10.5. The summed E-state index contributed by atoms with van der Waals surface area (Å²) in [5, 5.41) is 8.77. The van der Waals surface area contributed by atoms with Gasteiger partial charge in [0.15, 0.2) is 9.90 Å². The summed E-state index contributed by atoms with van der Waals surface area (Å²) in [6.45, 7) is -0.0909. The van der Waals surface area contributed by atoms with Crippen LogP contribution in [0.1, 0.15) is 16.9 Å². The first-order valence-electron chi connectivity index (χ1n) is 4.97. The van der Waals surface area contributed by atoms with Gasteiger partial charge >= 0.3 is 5.97 Å². The van der Waals surface area contributed by atoms with E-state index in [4.69, 9.17) is 5.11 Å². The summed E-state index contributed by atoms with van der Waals surface area (Å²) in [4.78, 5) is 14.2. The molecule has 1 aromatic heterocycles. The Morgan fingerprint density at radius 2 is 2.05 bits per heavy atom. The Morgan fingerprint density at radius 3 is 2.58 bits per heavy atom. The Bertz CT molecular complexity index is 660. The fourth-order valence-corrected chi connectivity index (χ4v) is 4.10. The molecule has 1 heterocycles. The van der Waals surface area contributed by atoms with Gasteiger partial charge in [-0.25, -0.2) is 31.3 Å². The van der Waals surface area contributed by atoms with Gasteiger partial charge in [-0.1, -0.05) is 0 Å². The van der Waals surface area contributed by atoms with Crippen molar-refractivity contribution in [2.24, 2.45) is 0 Å². The van der Waals surface area contributed by atoms with Crippen LogP contribution in [0.3, 0.4) is 0 Å². The summed E-state index contributed by atoms with van der Waals surface area (Å²) in [6.07, 6.45) is 1.16. The molecule has 2 N–H and O–H groups in total. The van der Waals surface area contributed by atoms with Gasteiger partial charge in [0.25, 0.3) is 10.0 Å². The number of sulfone groups is 1. The highest BCUT2D eigenvalue weighted by molar-refractivity contribution is 7.91. The Kier molecular flexibility index (Phi) is 5.01. The van der Waals surface area contributed by atoms with Gasteiger partial charge in [0, 0.05) is 12.8 Å². The first-order valence-corrected chi connectivity index (χ1v) is 9.40. The topological polar surface area (TPSA) is 130 Å². The van der Waals surface area contributed by atoms with Crippen LogP contribution in [0, 0.1) is 0 Å². The van der Waals surface area contributed by atoms with Crippen LogP contribution in [-0.4, -0.2) is 51.4 Å². The van der Waals surface area contributed by atoms with Crippen molar-refractivity contribution in [1.29, 1.82) is 0 Å². The molecule has 8 nitrogen and oxygen atoms in total. The molecule has 0 spiro atoms. The highest BCUT2D eigenvalue weighted by Crippen LogP contribution is 2.19. The average molecular weight is 328 g/mol. The van der Waals surface area contributed by atoms with E-state index < -0.39 is 31.5 Å². The van der Waals surface area contributed by atoms with Gasteiger partial charge in [0.1, 0.15) is 9.84 Å². The predicted molar refractivity (Wildman–Crippen MR) is 68.6 cm³/mol. The summed E-state index contributed by atoms with van der Waals surface area (Å²) in [5.74, 6) is -1.58. The number of hydrogen-bond acceptors (Lipinski definition) is 7. The van der Waals surface area contributed by atoms with Crippen LogP contribution >= 0.6 is 11.3 Å². The van der Waals surface area contributed by atoms with Crippen LogP contribution in [-0.2, 0) is 19.9 Å². The molecule has 0 aromatic carbocycles. The van der Waals surface area contributed by atoms with E-state index in [-0.39, 0.29) is 22.9 Å². The second-order valence-electron chi connectivity index (χ2n) is 3.67. The normalized spacial score (nSPS) is 12.5. The smallest absolute Gasteiger partial charge is 0.356 e. The Labute approximate surface area is 114 Å². The molecule has 1 aromatic rings. The third-order valence-electron chi connectivity index (χ3n) is 1.97. The van der Waals surface area contributed by atoms with Crippen LogP contribution in [0.15, 0.2) is 9.72 Å². The molecule has 0 atom stereocenters. The van der Waals surface area contributed by atoms with E-state index in [1.807, 2.05) is 0 Å². The molecule has 0 fully saturated rings. The van der Waals surface area contributed by atoms with Crippen molar-refractivity contribution in [2.75, 3.05) is 18.6 Å². The number of aromatic nitrogens is 1. The van der Waals surface area contributed by atoms with Gasteiger partial charge in [-0.3, -0.25) is 0 Å². The molecule has 0 aliphatic carbocycles. The molecule has 11 heteroatoms. The van der Waals surface area contributed by atoms with Gasteiger partial charge in [0.2, 0.25) is 0 Å². The number of nitrogens with one attached hydrogen (secondary N) is 1. The maximum absolute atomic E-state index is 11.8. The van der Waals surface area contributed by atoms with Crippen LogP contribution in [0.25, 0.3) is 0 Å². The number of carbonyl (C=O) groups is 1. The van der Waals surface area contributed by atoms with E-state index in [0.717, 1.165) is 11.8 Å². The SMILES string of the molecule is CS(=O)(=O)CCCNS(=O)(=O)c1scnc1C(=O)O. The second kappa shape index (κ2) is 5.94. The molecule has 108 valence electrons. The number of rotatable bonds is 7. The van der Waals surface area contributed by atoms with Gasteiger partial charge in [-0.2, -0.15) is 0 Å². The second-order valence-corrected chi connectivity index (χ2v) is 8.75. The molecular formula is C8H12N2O6S3. The third-order valence-corrected chi connectivity index (χ3v) is 5.83. The lowest BCUT2D eigenvalue weighted by Crippen LogP contribution is -2.26. The maximum Gasteiger partial charge on any atom is 0.356 e. The Hall–Kier alpha value is -1.04. The van der Waals surface area contributed by atoms with E-state index in [2.05, 4.69) is 9.71 Å². The summed E-state index contributed by atoms with van der Waals surface area (Å²) in [6, 6.07) is 0. The van der Waals surface area contributed by atoms with E-state index in [9.17, 15) is 21.6 Å². The number of thiazole rings is 1. The standard InChI is InChI=1S/C8H12N2O6S3/c1-18(13,14)4-2-3-10-19(15,16)8-6(7(11)12)9-5-17-8/h5,10H,2-4H2,1H3,(H,11,12). The quantitative estimate of drug-likeness (QED) is 0.648. The van der Waals surface area contributed by atoms with Gasteiger partial charge in [-0.05, 0) is 6.42 Å².